The number of nitriles is 1. The lowest BCUT2D eigenvalue weighted by molar-refractivity contribution is 0.339. The van der Waals surface area contributed by atoms with Gasteiger partial charge in [-0.1, -0.05) is 29.4 Å². The molecule has 1 aromatic heterocycles. The van der Waals surface area contributed by atoms with Crippen molar-refractivity contribution in [1.82, 2.24) is 0 Å². The van der Waals surface area contributed by atoms with Crippen molar-refractivity contribution in [1.29, 1.82) is 5.26 Å². The van der Waals surface area contributed by atoms with Crippen molar-refractivity contribution in [3.63, 3.8) is 0 Å². The van der Waals surface area contributed by atoms with Crippen LogP contribution in [0, 0.1) is 11.3 Å². The Morgan fingerprint density at radius 2 is 1.95 bits per heavy atom. The average Bonchev–Trinajstić information content (AvgIpc) is 2.94. The van der Waals surface area contributed by atoms with Gasteiger partial charge in [0, 0.05) is 0 Å². The number of thiophene rings is 1. The molecule has 0 radical (unpaired) electrons. The van der Waals surface area contributed by atoms with Crippen LogP contribution in [-0.4, -0.2) is 14.1 Å². The Morgan fingerprint density at radius 1 is 1.21 bits per heavy atom. The Kier molecular flexibility index (Phi) is 3.94. The summed E-state index contributed by atoms with van der Waals surface area (Å²) in [6, 6.07) is 12.8. The van der Waals surface area contributed by atoms with Gasteiger partial charge in [0.2, 0.25) is 0 Å². The zero-order valence-electron chi connectivity index (χ0n) is 9.55. The maximum Gasteiger partial charge on any atom is 0.358 e. The van der Waals surface area contributed by atoms with Crippen LogP contribution < -0.4 is 0 Å². The maximum absolute atomic E-state index is 11.8. The van der Waals surface area contributed by atoms with E-state index in [0.717, 1.165) is 0 Å². The number of hydrogen-bond acceptors (Lipinski definition) is 6. The fourth-order valence-corrected chi connectivity index (χ4v) is 2.65. The third kappa shape index (κ3) is 3.19. The molecule has 19 heavy (non-hydrogen) atoms. The Labute approximate surface area is 114 Å². The molecule has 2 aromatic rings. The molecule has 0 bridgehead atoms. The van der Waals surface area contributed by atoms with Crippen molar-refractivity contribution < 1.29 is 12.7 Å². The molecular weight excluding hydrogens is 284 g/mol. The quantitative estimate of drug-likeness (QED) is 0.640. The smallest absolute Gasteiger partial charge is 0.263 e. The van der Waals surface area contributed by atoms with E-state index in [0.29, 0.717) is 4.88 Å². The molecule has 0 saturated carbocycles. The molecule has 1 heterocycles. The standard InChI is InChI=1S/C12H8N2O3S2/c13-9-11(12-7-4-8-18-12)14-17-19(15,16)10-5-2-1-3-6-10/h1-8H/b14-11+. The van der Waals surface area contributed by atoms with Gasteiger partial charge in [0.1, 0.15) is 11.0 Å². The van der Waals surface area contributed by atoms with Gasteiger partial charge in [0.05, 0.1) is 4.88 Å². The third-order valence-electron chi connectivity index (χ3n) is 2.12. The zero-order chi connectivity index (χ0) is 13.7. The highest BCUT2D eigenvalue weighted by Gasteiger charge is 2.16. The molecule has 0 spiro atoms. The van der Waals surface area contributed by atoms with Gasteiger partial charge in [0.15, 0.2) is 5.71 Å². The molecule has 0 aliphatic heterocycles. The minimum Gasteiger partial charge on any atom is -0.263 e. The molecular formula is C12H8N2O3S2. The van der Waals surface area contributed by atoms with Crippen LogP contribution >= 0.6 is 11.3 Å². The SMILES string of the molecule is N#C/C(=N\OS(=O)(=O)c1ccccc1)c1cccs1. The molecule has 0 atom stereocenters. The van der Waals surface area contributed by atoms with Crippen LogP contribution in [0.1, 0.15) is 4.88 Å². The van der Waals surface area contributed by atoms with Crippen molar-refractivity contribution in [2.24, 2.45) is 5.16 Å². The Hall–Kier alpha value is -2.17. The molecule has 1 aromatic carbocycles. The lowest BCUT2D eigenvalue weighted by Crippen LogP contribution is -2.05. The van der Waals surface area contributed by atoms with Crippen LogP contribution in [0.4, 0.5) is 0 Å². The third-order valence-corrected chi connectivity index (χ3v) is 4.12. The summed E-state index contributed by atoms with van der Waals surface area (Å²) in [6.07, 6.45) is 0. The van der Waals surface area contributed by atoms with E-state index in [4.69, 9.17) is 5.26 Å². The Balaban J connectivity index is 2.25. The predicted octanol–water partition coefficient (Wildman–Crippen LogP) is 2.38. The normalized spacial score (nSPS) is 11.8. The van der Waals surface area contributed by atoms with E-state index >= 15 is 0 Å². The molecule has 0 fully saturated rings. The molecule has 0 amide bonds. The van der Waals surface area contributed by atoms with Gasteiger partial charge >= 0.3 is 10.1 Å². The average molecular weight is 292 g/mol. The van der Waals surface area contributed by atoms with E-state index in [-0.39, 0.29) is 10.6 Å². The van der Waals surface area contributed by atoms with E-state index in [1.165, 1.54) is 23.5 Å². The van der Waals surface area contributed by atoms with Crippen molar-refractivity contribution in [2.45, 2.75) is 4.90 Å². The summed E-state index contributed by atoms with van der Waals surface area (Å²) >= 11 is 1.27. The lowest BCUT2D eigenvalue weighted by Gasteiger charge is -2.00. The second-order valence-electron chi connectivity index (χ2n) is 3.37. The van der Waals surface area contributed by atoms with Crippen molar-refractivity contribution in [3.05, 3.63) is 52.7 Å². The second kappa shape index (κ2) is 5.65. The largest absolute Gasteiger partial charge is 0.358 e. The van der Waals surface area contributed by atoms with Gasteiger partial charge in [-0.3, -0.25) is 4.28 Å². The van der Waals surface area contributed by atoms with Crippen LogP contribution in [-0.2, 0) is 14.4 Å². The van der Waals surface area contributed by atoms with Crippen LogP contribution in [0.15, 0.2) is 57.9 Å². The molecule has 0 unspecified atom stereocenters. The first-order valence-corrected chi connectivity index (χ1v) is 7.43. The van der Waals surface area contributed by atoms with E-state index in [1.54, 1.807) is 41.8 Å². The number of oxime groups is 1. The summed E-state index contributed by atoms with van der Waals surface area (Å²) < 4.78 is 28.1. The highest BCUT2D eigenvalue weighted by Crippen LogP contribution is 2.14. The molecule has 0 aliphatic rings. The van der Waals surface area contributed by atoms with Crippen LogP contribution in [0.3, 0.4) is 0 Å². The fourth-order valence-electron chi connectivity index (χ4n) is 1.25. The summed E-state index contributed by atoms with van der Waals surface area (Å²) in [6.45, 7) is 0. The topological polar surface area (TPSA) is 79.5 Å². The fraction of sp³-hybridized carbons (Fsp3) is 0. The number of hydrogen-bond donors (Lipinski definition) is 0. The van der Waals surface area contributed by atoms with Gasteiger partial charge in [0.25, 0.3) is 0 Å². The highest BCUT2D eigenvalue weighted by molar-refractivity contribution is 7.86. The summed E-state index contributed by atoms with van der Waals surface area (Å²) in [5, 5.41) is 14.1. The molecule has 96 valence electrons. The van der Waals surface area contributed by atoms with E-state index in [9.17, 15) is 8.42 Å². The summed E-state index contributed by atoms with van der Waals surface area (Å²) in [5.41, 5.74) is -0.0745. The second-order valence-corrected chi connectivity index (χ2v) is 5.85. The highest BCUT2D eigenvalue weighted by atomic mass is 32.2. The van der Waals surface area contributed by atoms with Gasteiger partial charge in [-0.15, -0.1) is 11.3 Å². The summed E-state index contributed by atoms with van der Waals surface area (Å²) in [4.78, 5) is 0.535. The number of benzene rings is 1. The predicted molar refractivity (Wildman–Crippen MR) is 71.2 cm³/mol. The first-order valence-electron chi connectivity index (χ1n) is 5.14. The maximum atomic E-state index is 11.8. The molecule has 0 saturated heterocycles. The monoisotopic (exact) mass is 292 g/mol. The molecule has 0 aliphatic carbocycles. The molecule has 0 N–H and O–H groups in total. The minimum absolute atomic E-state index is 0.0118. The number of rotatable bonds is 4. The first-order chi connectivity index (χ1) is 9.13. The Bertz CT molecular complexity index is 714. The van der Waals surface area contributed by atoms with Crippen molar-refractivity contribution in [3.8, 4) is 6.07 Å². The van der Waals surface area contributed by atoms with Crippen LogP contribution in [0.5, 0.6) is 0 Å². The minimum atomic E-state index is -3.99. The zero-order valence-corrected chi connectivity index (χ0v) is 11.2. The van der Waals surface area contributed by atoms with Gasteiger partial charge < -0.3 is 0 Å². The van der Waals surface area contributed by atoms with E-state index < -0.39 is 10.1 Å². The van der Waals surface area contributed by atoms with Gasteiger partial charge in [-0.05, 0) is 23.6 Å². The lowest BCUT2D eigenvalue weighted by atomic mass is 10.3. The Morgan fingerprint density at radius 3 is 2.53 bits per heavy atom. The molecule has 2 rings (SSSR count). The van der Waals surface area contributed by atoms with E-state index in [2.05, 4.69) is 9.44 Å². The van der Waals surface area contributed by atoms with Gasteiger partial charge in [-0.2, -0.15) is 13.7 Å². The van der Waals surface area contributed by atoms with Crippen LogP contribution in [0.2, 0.25) is 0 Å². The first kappa shape index (κ1) is 13.3. The number of nitrogens with zero attached hydrogens (tertiary/aromatic N) is 2. The van der Waals surface area contributed by atoms with Gasteiger partial charge in [-0.25, -0.2) is 0 Å². The van der Waals surface area contributed by atoms with Crippen LogP contribution in [0.25, 0.3) is 0 Å². The summed E-state index contributed by atoms with van der Waals surface area (Å²) in [5.74, 6) is 0. The van der Waals surface area contributed by atoms with Crippen molar-refractivity contribution >= 4 is 27.2 Å². The van der Waals surface area contributed by atoms with Crippen molar-refractivity contribution in [2.75, 3.05) is 0 Å². The molecule has 5 nitrogen and oxygen atoms in total. The van der Waals surface area contributed by atoms with E-state index in [1.807, 2.05) is 0 Å². The molecule has 7 heteroatoms. The summed E-state index contributed by atoms with van der Waals surface area (Å²) in [7, 11) is -3.99.